The number of carbonyl (C=O) groups is 2. The number of benzene rings is 2. The molecule has 0 unspecified atom stereocenters. The topological polar surface area (TPSA) is 126 Å². The van der Waals surface area contributed by atoms with Crippen molar-refractivity contribution in [3.63, 3.8) is 0 Å². The molecular weight excluding hydrogens is 414 g/mol. The third-order valence-corrected chi connectivity index (χ3v) is 5.68. The van der Waals surface area contributed by atoms with E-state index < -0.39 is 28.4 Å². The summed E-state index contributed by atoms with van der Waals surface area (Å²) in [6.07, 6.45) is 2.27. The van der Waals surface area contributed by atoms with Crippen LogP contribution >= 0.6 is 0 Å². The van der Waals surface area contributed by atoms with E-state index in [1.54, 1.807) is 13.2 Å². The summed E-state index contributed by atoms with van der Waals surface area (Å²) in [6, 6.07) is 10.5. The minimum atomic E-state index is -0.903. The highest BCUT2D eigenvalue weighted by Crippen LogP contribution is 2.39. The number of ketones is 1. The summed E-state index contributed by atoms with van der Waals surface area (Å²) >= 11 is 0. The Morgan fingerprint density at radius 2 is 2.06 bits per heavy atom. The Bertz CT molecular complexity index is 1280. The van der Waals surface area contributed by atoms with E-state index in [9.17, 15) is 24.8 Å². The number of methoxy groups -OCH3 is 1. The number of hydrogen-bond donors (Lipinski definition) is 2. The second-order valence-electron chi connectivity index (χ2n) is 7.55. The first kappa shape index (κ1) is 21.1. The van der Waals surface area contributed by atoms with Crippen molar-refractivity contribution in [3.8, 4) is 5.75 Å². The number of nitro benzene ring substituents is 1. The van der Waals surface area contributed by atoms with E-state index in [4.69, 9.17) is 4.74 Å². The van der Waals surface area contributed by atoms with Crippen LogP contribution < -0.4 is 4.74 Å². The molecule has 0 spiro atoms. The lowest BCUT2D eigenvalue weighted by Crippen LogP contribution is -2.32. The van der Waals surface area contributed by atoms with Gasteiger partial charge in [-0.05, 0) is 42.7 Å². The molecule has 9 nitrogen and oxygen atoms in total. The van der Waals surface area contributed by atoms with Crippen LogP contribution in [0.2, 0.25) is 0 Å². The van der Waals surface area contributed by atoms with Crippen molar-refractivity contribution in [3.05, 3.63) is 81.2 Å². The molecule has 1 amide bonds. The minimum Gasteiger partial charge on any atom is -0.503 e. The van der Waals surface area contributed by atoms with Gasteiger partial charge in [-0.1, -0.05) is 12.1 Å². The molecule has 4 rings (SSSR count). The molecule has 0 saturated carbocycles. The van der Waals surface area contributed by atoms with Gasteiger partial charge in [0.2, 0.25) is 0 Å². The van der Waals surface area contributed by atoms with Crippen molar-refractivity contribution in [2.24, 2.45) is 0 Å². The van der Waals surface area contributed by atoms with E-state index in [-0.39, 0.29) is 17.8 Å². The van der Waals surface area contributed by atoms with Gasteiger partial charge < -0.3 is 19.7 Å². The van der Waals surface area contributed by atoms with Crippen molar-refractivity contribution < 1.29 is 24.4 Å². The predicted octanol–water partition coefficient (Wildman–Crippen LogP) is 3.61. The number of nitrogens with one attached hydrogen (secondary N) is 1. The van der Waals surface area contributed by atoms with Gasteiger partial charge in [0.1, 0.15) is 5.75 Å². The molecule has 1 aliphatic rings. The lowest BCUT2D eigenvalue weighted by molar-refractivity contribution is -0.384. The fourth-order valence-corrected chi connectivity index (χ4v) is 4.13. The van der Waals surface area contributed by atoms with Crippen LogP contribution in [0.15, 0.2) is 60.0 Å². The Kier molecular flexibility index (Phi) is 5.40. The molecule has 0 radical (unpaired) electrons. The summed E-state index contributed by atoms with van der Waals surface area (Å²) < 4.78 is 5.29. The second-order valence-corrected chi connectivity index (χ2v) is 7.55. The predicted molar refractivity (Wildman–Crippen MR) is 116 cm³/mol. The highest BCUT2D eigenvalue weighted by atomic mass is 16.6. The average Bonchev–Trinajstić information content (AvgIpc) is 3.30. The third kappa shape index (κ3) is 3.58. The number of ether oxygens (including phenoxy) is 1. The molecule has 2 aromatic carbocycles. The SMILES string of the molecule is COc1ccc2[nH]cc(CCN3C(=O)C(O)=C(C(C)=O)[C@H]3c3cccc([N+](=O)[O-])c3)c2c1. The smallest absolute Gasteiger partial charge is 0.290 e. The molecule has 9 heteroatoms. The maximum Gasteiger partial charge on any atom is 0.290 e. The summed E-state index contributed by atoms with van der Waals surface area (Å²) in [6.45, 7) is 1.45. The van der Waals surface area contributed by atoms with Crippen molar-refractivity contribution in [2.45, 2.75) is 19.4 Å². The third-order valence-electron chi connectivity index (χ3n) is 5.68. The summed E-state index contributed by atoms with van der Waals surface area (Å²) in [4.78, 5) is 40.4. The van der Waals surface area contributed by atoms with Crippen molar-refractivity contribution in [2.75, 3.05) is 13.7 Å². The van der Waals surface area contributed by atoms with Crippen LogP contribution in [0, 0.1) is 10.1 Å². The molecule has 0 fully saturated rings. The molecule has 164 valence electrons. The molecule has 0 bridgehead atoms. The van der Waals surface area contributed by atoms with Crippen molar-refractivity contribution >= 4 is 28.3 Å². The molecule has 2 heterocycles. The number of aromatic amines is 1. The lowest BCUT2D eigenvalue weighted by Gasteiger charge is -2.26. The molecule has 3 aromatic rings. The zero-order chi connectivity index (χ0) is 23.0. The van der Waals surface area contributed by atoms with Gasteiger partial charge in [0.05, 0.1) is 23.6 Å². The number of fused-ring (bicyclic) bond motifs is 1. The lowest BCUT2D eigenvalue weighted by atomic mass is 9.96. The van der Waals surface area contributed by atoms with Crippen LogP contribution in [-0.4, -0.2) is 45.3 Å². The number of carbonyl (C=O) groups excluding carboxylic acids is 2. The van der Waals surface area contributed by atoms with Crippen LogP contribution in [0.25, 0.3) is 10.9 Å². The zero-order valence-electron chi connectivity index (χ0n) is 17.5. The van der Waals surface area contributed by atoms with Gasteiger partial charge in [-0.2, -0.15) is 0 Å². The number of non-ortho nitro benzene ring substituents is 1. The Labute approximate surface area is 183 Å². The number of H-pyrrole nitrogens is 1. The van der Waals surface area contributed by atoms with E-state index in [0.29, 0.717) is 17.7 Å². The van der Waals surface area contributed by atoms with E-state index in [1.165, 1.54) is 30.0 Å². The van der Waals surface area contributed by atoms with Crippen LogP contribution in [0.1, 0.15) is 24.1 Å². The monoisotopic (exact) mass is 435 g/mol. The highest BCUT2D eigenvalue weighted by molar-refractivity contribution is 6.08. The highest BCUT2D eigenvalue weighted by Gasteiger charge is 2.42. The first-order valence-electron chi connectivity index (χ1n) is 9.95. The van der Waals surface area contributed by atoms with Gasteiger partial charge in [-0.25, -0.2) is 0 Å². The van der Waals surface area contributed by atoms with Crippen LogP contribution in [0.3, 0.4) is 0 Å². The number of Topliss-reactive ketones (excluding diaryl/α,β-unsaturated/α-hetero) is 1. The maximum atomic E-state index is 12.9. The molecule has 1 aromatic heterocycles. The standard InChI is InChI=1S/C23H21N3O6/c1-13(27)20-21(14-4-3-5-16(10-14)26(30)31)25(23(29)22(20)28)9-8-15-12-24-19-7-6-17(32-2)11-18(15)19/h3-7,10-12,21,24,28H,8-9H2,1-2H3/t21-/m1/s1. The van der Waals surface area contributed by atoms with Crippen LogP contribution in [-0.2, 0) is 16.0 Å². The van der Waals surface area contributed by atoms with Gasteiger partial charge in [-0.3, -0.25) is 19.7 Å². The number of hydrogen-bond acceptors (Lipinski definition) is 6. The number of aliphatic hydroxyl groups is 1. The Morgan fingerprint density at radius 3 is 2.75 bits per heavy atom. The number of amides is 1. The molecular formula is C23H21N3O6. The molecule has 32 heavy (non-hydrogen) atoms. The largest absolute Gasteiger partial charge is 0.503 e. The molecule has 1 atom stereocenters. The second kappa shape index (κ2) is 8.18. The number of rotatable bonds is 7. The van der Waals surface area contributed by atoms with Crippen molar-refractivity contribution in [1.82, 2.24) is 9.88 Å². The quantitative estimate of drug-likeness (QED) is 0.431. The zero-order valence-corrected chi connectivity index (χ0v) is 17.5. The van der Waals surface area contributed by atoms with E-state index >= 15 is 0 Å². The number of aliphatic hydroxyl groups excluding tert-OH is 1. The number of aromatic nitrogens is 1. The molecule has 1 aliphatic heterocycles. The van der Waals surface area contributed by atoms with E-state index in [1.807, 2.05) is 24.4 Å². The summed E-state index contributed by atoms with van der Waals surface area (Å²) in [5, 5.41) is 22.6. The Balaban J connectivity index is 1.69. The van der Waals surface area contributed by atoms with E-state index in [0.717, 1.165) is 16.5 Å². The van der Waals surface area contributed by atoms with Crippen LogP contribution in [0.5, 0.6) is 5.75 Å². The van der Waals surface area contributed by atoms with Crippen molar-refractivity contribution in [1.29, 1.82) is 0 Å². The molecule has 2 N–H and O–H groups in total. The summed E-state index contributed by atoms with van der Waals surface area (Å²) in [7, 11) is 1.58. The van der Waals surface area contributed by atoms with E-state index in [2.05, 4.69) is 4.98 Å². The molecule has 0 saturated heterocycles. The maximum absolute atomic E-state index is 12.9. The van der Waals surface area contributed by atoms with Gasteiger partial charge in [0, 0.05) is 35.8 Å². The minimum absolute atomic E-state index is 0.0592. The van der Waals surface area contributed by atoms with Gasteiger partial charge in [0.25, 0.3) is 11.6 Å². The molecule has 0 aliphatic carbocycles. The fourth-order valence-electron chi connectivity index (χ4n) is 4.13. The fraction of sp³-hybridized carbons (Fsp3) is 0.217. The summed E-state index contributed by atoms with van der Waals surface area (Å²) in [5.41, 5.74) is 2.01. The van der Waals surface area contributed by atoms with Gasteiger partial charge in [0.15, 0.2) is 11.5 Å². The number of nitro groups is 1. The number of nitrogens with zero attached hydrogens (tertiary/aromatic N) is 2. The van der Waals surface area contributed by atoms with Crippen LogP contribution in [0.4, 0.5) is 5.69 Å². The van der Waals surface area contributed by atoms with Gasteiger partial charge >= 0.3 is 0 Å². The summed E-state index contributed by atoms with van der Waals surface area (Å²) in [5.74, 6) is -1.06. The Morgan fingerprint density at radius 1 is 1.28 bits per heavy atom. The Hall–Kier alpha value is -4.14. The first-order valence-corrected chi connectivity index (χ1v) is 9.95. The normalized spacial score (nSPS) is 16.1. The first-order chi connectivity index (χ1) is 15.3. The van der Waals surface area contributed by atoms with Gasteiger partial charge in [-0.15, -0.1) is 0 Å². The average molecular weight is 435 g/mol.